The first-order valence-electron chi connectivity index (χ1n) is 8.79. The van der Waals surface area contributed by atoms with E-state index in [-0.39, 0.29) is 11.9 Å². The molecule has 2 rings (SSSR count). The van der Waals surface area contributed by atoms with Crippen molar-refractivity contribution in [3.8, 4) is 11.5 Å². The predicted octanol–water partition coefficient (Wildman–Crippen LogP) is 3.26. The highest BCUT2D eigenvalue weighted by Crippen LogP contribution is 2.31. The van der Waals surface area contributed by atoms with Gasteiger partial charge in [0.25, 0.3) is 5.91 Å². The summed E-state index contributed by atoms with van der Waals surface area (Å²) in [6, 6.07) is 10.2. The van der Waals surface area contributed by atoms with Crippen molar-refractivity contribution in [3.63, 3.8) is 0 Å². The van der Waals surface area contributed by atoms with Crippen LogP contribution in [-0.4, -0.2) is 34.8 Å². The molecule has 0 aliphatic rings. The Morgan fingerprint density at radius 3 is 2.29 bits per heavy atom. The molecule has 2 aromatic rings. The van der Waals surface area contributed by atoms with E-state index in [0.717, 1.165) is 11.8 Å². The van der Waals surface area contributed by atoms with Crippen LogP contribution in [0.2, 0.25) is 0 Å². The van der Waals surface area contributed by atoms with E-state index >= 15 is 0 Å². The molecule has 0 fully saturated rings. The molecule has 1 amide bonds. The van der Waals surface area contributed by atoms with Crippen LogP contribution in [0.15, 0.2) is 36.4 Å². The van der Waals surface area contributed by atoms with Crippen LogP contribution >= 0.6 is 0 Å². The molecule has 0 unspecified atom stereocenters. The van der Waals surface area contributed by atoms with Crippen molar-refractivity contribution in [1.82, 2.24) is 5.32 Å². The molecular weight excluding hydrogens is 380 g/mol. The lowest BCUT2D eigenvalue weighted by molar-refractivity contribution is 0.0935. The maximum Gasteiger partial charge on any atom is 0.251 e. The Morgan fingerprint density at radius 1 is 1.07 bits per heavy atom. The van der Waals surface area contributed by atoms with E-state index in [2.05, 4.69) is 10.0 Å². The third kappa shape index (κ3) is 5.39. The van der Waals surface area contributed by atoms with E-state index in [4.69, 9.17) is 9.47 Å². The number of hydrogen-bond acceptors (Lipinski definition) is 5. The first-order valence-corrected chi connectivity index (χ1v) is 10.7. The summed E-state index contributed by atoms with van der Waals surface area (Å²) in [4.78, 5) is 12.7. The SMILES string of the molecule is CC[C@@H](NC(=O)c1ccc(NS(C)(=O)=O)c(C)c1)c1ccc(OC)c(OC)c1. The number of aryl methyl sites for hydroxylation is 1. The highest BCUT2D eigenvalue weighted by atomic mass is 32.2. The molecule has 0 bridgehead atoms. The lowest BCUT2D eigenvalue weighted by atomic mass is 10.0. The number of anilines is 1. The molecule has 152 valence electrons. The summed E-state index contributed by atoms with van der Waals surface area (Å²) < 4.78 is 35.8. The Bertz CT molecular complexity index is 957. The van der Waals surface area contributed by atoms with Gasteiger partial charge in [-0.3, -0.25) is 9.52 Å². The van der Waals surface area contributed by atoms with Gasteiger partial charge in [0.05, 0.1) is 32.2 Å². The Labute approximate surface area is 166 Å². The average molecular weight is 407 g/mol. The van der Waals surface area contributed by atoms with Crippen molar-refractivity contribution in [2.24, 2.45) is 0 Å². The van der Waals surface area contributed by atoms with Crippen molar-refractivity contribution >= 4 is 21.6 Å². The number of methoxy groups -OCH3 is 2. The Balaban J connectivity index is 2.21. The Morgan fingerprint density at radius 2 is 1.75 bits per heavy atom. The monoisotopic (exact) mass is 406 g/mol. The summed E-state index contributed by atoms with van der Waals surface area (Å²) in [6.45, 7) is 3.72. The first-order chi connectivity index (χ1) is 13.2. The van der Waals surface area contributed by atoms with E-state index < -0.39 is 10.0 Å². The maximum absolute atomic E-state index is 12.7. The van der Waals surface area contributed by atoms with Crippen LogP contribution in [0, 0.1) is 6.92 Å². The molecule has 0 spiro atoms. The Hall–Kier alpha value is -2.74. The highest BCUT2D eigenvalue weighted by molar-refractivity contribution is 7.92. The molecule has 2 aromatic carbocycles. The summed E-state index contributed by atoms with van der Waals surface area (Å²) in [5.74, 6) is 0.979. The van der Waals surface area contributed by atoms with Crippen LogP contribution in [-0.2, 0) is 10.0 Å². The molecule has 7 nitrogen and oxygen atoms in total. The average Bonchev–Trinajstić information content (AvgIpc) is 2.65. The molecule has 0 aromatic heterocycles. The topological polar surface area (TPSA) is 93.7 Å². The first kappa shape index (κ1) is 21.6. The normalized spacial score (nSPS) is 12.2. The molecule has 0 saturated heterocycles. The largest absolute Gasteiger partial charge is 0.493 e. The number of sulfonamides is 1. The van der Waals surface area contributed by atoms with Crippen molar-refractivity contribution in [2.75, 3.05) is 25.2 Å². The standard InChI is InChI=1S/C20H26N2O5S/c1-6-16(14-8-10-18(26-3)19(12-14)27-4)21-20(23)15-7-9-17(13(2)11-15)22-28(5,24)25/h7-12,16,22H,6H2,1-5H3,(H,21,23)/t16-/m1/s1. The summed E-state index contributed by atoms with van der Waals surface area (Å²) in [5, 5.41) is 3.01. The fraction of sp³-hybridized carbons (Fsp3) is 0.350. The number of ether oxygens (including phenoxy) is 2. The zero-order valence-corrected chi connectivity index (χ0v) is 17.5. The van der Waals surface area contributed by atoms with Crippen LogP contribution in [0.5, 0.6) is 11.5 Å². The minimum Gasteiger partial charge on any atom is -0.493 e. The van der Waals surface area contributed by atoms with Gasteiger partial charge in [-0.05, 0) is 54.8 Å². The second kappa shape index (κ2) is 8.97. The van der Waals surface area contributed by atoms with Gasteiger partial charge in [0.2, 0.25) is 10.0 Å². The van der Waals surface area contributed by atoms with Crippen LogP contribution in [0.4, 0.5) is 5.69 Å². The number of nitrogens with one attached hydrogen (secondary N) is 2. The van der Waals surface area contributed by atoms with Gasteiger partial charge < -0.3 is 14.8 Å². The highest BCUT2D eigenvalue weighted by Gasteiger charge is 2.17. The van der Waals surface area contributed by atoms with Crippen LogP contribution in [0.25, 0.3) is 0 Å². The second-order valence-electron chi connectivity index (χ2n) is 6.45. The molecule has 1 atom stereocenters. The zero-order valence-electron chi connectivity index (χ0n) is 16.7. The van der Waals surface area contributed by atoms with Gasteiger partial charge in [-0.15, -0.1) is 0 Å². The van der Waals surface area contributed by atoms with Crippen LogP contribution in [0.1, 0.15) is 40.9 Å². The van der Waals surface area contributed by atoms with Crippen LogP contribution < -0.4 is 19.5 Å². The van der Waals surface area contributed by atoms with Crippen molar-refractivity contribution < 1.29 is 22.7 Å². The molecule has 0 heterocycles. The van der Waals surface area contributed by atoms with Crippen molar-refractivity contribution in [1.29, 1.82) is 0 Å². The number of hydrogen-bond donors (Lipinski definition) is 2. The maximum atomic E-state index is 12.7. The number of amides is 1. The fourth-order valence-corrected chi connectivity index (χ4v) is 3.48. The third-order valence-corrected chi connectivity index (χ3v) is 4.90. The van der Waals surface area contributed by atoms with Gasteiger partial charge in [0.1, 0.15) is 0 Å². The molecule has 8 heteroatoms. The minimum absolute atomic E-state index is 0.207. The van der Waals surface area contributed by atoms with Gasteiger partial charge in [-0.25, -0.2) is 8.42 Å². The Kier molecular flexibility index (Phi) is 6.90. The van der Waals surface area contributed by atoms with Crippen molar-refractivity contribution in [3.05, 3.63) is 53.1 Å². The predicted molar refractivity (Wildman–Crippen MR) is 110 cm³/mol. The summed E-state index contributed by atoms with van der Waals surface area (Å²) in [5.41, 5.74) is 2.47. The number of rotatable bonds is 8. The molecular formula is C20H26N2O5S. The van der Waals surface area contributed by atoms with Gasteiger partial charge in [-0.1, -0.05) is 13.0 Å². The quantitative estimate of drug-likeness (QED) is 0.702. The van der Waals surface area contributed by atoms with Gasteiger partial charge in [-0.2, -0.15) is 0 Å². The van der Waals surface area contributed by atoms with Gasteiger partial charge in [0, 0.05) is 5.56 Å². The lowest BCUT2D eigenvalue weighted by Crippen LogP contribution is -2.28. The van der Waals surface area contributed by atoms with E-state index in [9.17, 15) is 13.2 Å². The molecule has 0 saturated carbocycles. The smallest absolute Gasteiger partial charge is 0.251 e. The van der Waals surface area contributed by atoms with Crippen molar-refractivity contribution in [2.45, 2.75) is 26.3 Å². The lowest BCUT2D eigenvalue weighted by Gasteiger charge is -2.19. The molecule has 2 N–H and O–H groups in total. The van der Waals surface area contributed by atoms with E-state index in [0.29, 0.717) is 34.7 Å². The van der Waals surface area contributed by atoms with Gasteiger partial charge in [0.15, 0.2) is 11.5 Å². The second-order valence-corrected chi connectivity index (χ2v) is 8.20. The van der Waals surface area contributed by atoms with E-state index in [1.807, 2.05) is 19.1 Å². The fourth-order valence-electron chi connectivity index (χ4n) is 2.85. The molecule has 28 heavy (non-hydrogen) atoms. The molecule has 0 radical (unpaired) electrons. The summed E-state index contributed by atoms with van der Waals surface area (Å²) >= 11 is 0. The summed E-state index contributed by atoms with van der Waals surface area (Å²) in [6.07, 6.45) is 1.77. The van der Waals surface area contributed by atoms with E-state index in [1.54, 1.807) is 45.4 Å². The molecule has 0 aliphatic heterocycles. The van der Waals surface area contributed by atoms with Gasteiger partial charge >= 0.3 is 0 Å². The minimum atomic E-state index is -3.38. The number of carbonyl (C=O) groups excluding carboxylic acids is 1. The number of carbonyl (C=O) groups is 1. The number of benzene rings is 2. The summed E-state index contributed by atoms with van der Waals surface area (Å²) in [7, 11) is -0.241. The van der Waals surface area contributed by atoms with Crippen LogP contribution in [0.3, 0.4) is 0 Å². The van der Waals surface area contributed by atoms with E-state index in [1.165, 1.54) is 0 Å². The molecule has 0 aliphatic carbocycles. The zero-order chi connectivity index (χ0) is 20.9. The third-order valence-electron chi connectivity index (χ3n) is 4.31.